The minimum absolute atomic E-state index is 0.0189. The highest BCUT2D eigenvalue weighted by molar-refractivity contribution is 7.89. The lowest BCUT2D eigenvalue weighted by atomic mass is 10.2. The van der Waals surface area contributed by atoms with Gasteiger partial charge in [-0.2, -0.15) is 0 Å². The van der Waals surface area contributed by atoms with E-state index >= 15 is 0 Å². The zero-order chi connectivity index (χ0) is 14.9. The first-order valence-corrected chi connectivity index (χ1v) is 8.39. The van der Waals surface area contributed by atoms with E-state index in [4.69, 9.17) is 5.14 Å². The molecule has 0 bridgehead atoms. The summed E-state index contributed by atoms with van der Waals surface area (Å²) in [6, 6.07) is 1.67. The maximum absolute atomic E-state index is 12.6. The highest BCUT2D eigenvalue weighted by atomic mass is 32.2. The van der Waals surface area contributed by atoms with Crippen LogP contribution in [0.2, 0.25) is 0 Å². The fourth-order valence-electron chi connectivity index (χ4n) is 2.21. The van der Waals surface area contributed by atoms with Crippen LogP contribution in [-0.4, -0.2) is 36.4 Å². The highest BCUT2D eigenvalue weighted by Crippen LogP contribution is 2.29. The van der Waals surface area contributed by atoms with Gasteiger partial charge in [-0.1, -0.05) is 13.3 Å². The number of unbranched alkanes of at least 4 members (excludes halogenated alkanes) is 1. The van der Waals surface area contributed by atoms with Gasteiger partial charge in [-0.05, 0) is 25.3 Å². The number of carbonyl (C=O) groups is 1. The van der Waals surface area contributed by atoms with Crippen molar-refractivity contribution in [1.82, 2.24) is 9.47 Å². The van der Waals surface area contributed by atoms with Gasteiger partial charge < -0.3 is 9.47 Å². The first-order chi connectivity index (χ1) is 9.34. The summed E-state index contributed by atoms with van der Waals surface area (Å²) in [5.74, 6) is -0.113. The Morgan fingerprint density at radius 3 is 2.60 bits per heavy atom. The number of hydrogen-bond donors (Lipinski definition) is 1. The topological polar surface area (TPSA) is 85.4 Å². The molecule has 2 rings (SSSR count). The third-order valence-corrected chi connectivity index (χ3v) is 4.41. The van der Waals surface area contributed by atoms with Crippen LogP contribution < -0.4 is 5.14 Å². The third kappa shape index (κ3) is 3.21. The summed E-state index contributed by atoms with van der Waals surface area (Å²) in [4.78, 5) is 14.4. The highest BCUT2D eigenvalue weighted by Gasteiger charge is 2.33. The zero-order valence-corrected chi connectivity index (χ0v) is 12.7. The predicted molar refractivity (Wildman–Crippen MR) is 75.8 cm³/mol. The maximum atomic E-state index is 12.6. The van der Waals surface area contributed by atoms with E-state index in [1.54, 1.807) is 7.05 Å². The van der Waals surface area contributed by atoms with Crippen LogP contribution in [0.3, 0.4) is 0 Å². The van der Waals surface area contributed by atoms with Gasteiger partial charge in [-0.25, -0.2) is 13.6 Å². The van der Waals surface area contributed by atoms with Crippen LogP contribution in [-0.2, 0) is 17.1 Å². The number of nitrogens with two attached hydrogens (primary N) is 1. The summed E-state index contributed by atoms with van der Waals surface area (Å²) in [6.07, 6.45) is 5.41. The van der Waals surface area contributed by atoms with E-state index in [9.17, 15) is 13.2 Å². The molecule has 112 valence electrons. The van der Waals surface area contributed by atoms with Gasteiger partial charge in [-0.15, -0.1) is 0 Å². The summed E-state index contributed by atoms with van der Waals surface area (Å²) in [6.45, 7) is 2.80. The minimum atomic E-state index is -3.78. The van der Waals surface area contributed by atoms with E-state index in [1.807, 2.05) is 4.90 Å². The summed E-state index contributed by atoms with van der Waals surface area (Å²) in [5.41, 5.74) is 0.372. The molecule has 1 saturated carbocycles. The Bertz CT molecular complexity index is 602. The fraction of sp³-hybridized carbons (Fsp3) is 0.615. The van der Waals surface area contributed by atoms with E-state index in [-0.39, 0.29) is 10.8 Å². The monoisotopic (exact) mass is 299 g/mol. The van der Waals surface area contributed by atoms with Gasteiger partial charge in [0.05, 0.1) is 0 Å². The standard InChI is InChI=1S/C13H21N3O3S/c1-3-4-7-16(10-5-6-10)13(17)12-8-11(9-15(12)2)20(14,18)19/h8-10H,3-7H2,1-2H3,(H2,14,18,19). The Morgan fingerprint density at radius 1 is 1.50 bits per heavy atom. The molecule has 1 aliphatic rings. The lowest BCUT2D eigenvalue weighted by molar-refractivity contribution is 0.0731. The van der Waals surface area contributed by atoms with E-state index in [2.05, 4.69) is 6.92 Å². The molecule has 6 nitrogen and oxygen atoms in total. The van der Waals surface area contributed by atoms with Crippen molar-refractivity contribution in [2.24, 2.45) is 12.2 Å². The summed E-state index contributed by atoms with van der Waals surface area (Å²) >= 11 is 0. The molecule has 1 heterocycles. The van der Waals surface area contributed by atoms with Crippen molar-refractivity contribution in [3.05, 3.63) is 18.0 Å². The van der Waals surface area contributed by atoms with Crippen LogP contribution >= 0.6 is 0 Å². The molecule has 7 heteroatoms. The van der Waals surface area contributed by atoms with Crippen LogP contribution in [0.1, 0.15) is 43.1 Å². The Kier molecular flexibility index (Phi) is 4.19. The zero-order valence-electron chi connectivity index (χ0n) is 11.9. The normalized spacial score (nSPS) is 15.3. The van der Waals surface area contributed by atoms with Crippen LogP contribution in [0, 0.1) is 0 Å². The van der Waals surface area contributed by atoms with Crippen molar-refractivity contribution in [3.63, 3.8) is 0 Å². The van der Waals surface area contributed by atoms with Gasteiger partial charge in [0.2, 0.25) is 10.0 Å². The summed E-state index contributed by atoms with van der Waals surface area (Å²) in [5, 5.41) is 5.10. The van der Waals surface area contributed by atoms with E-state index in [0.29, 0.717) is 11.7 Å². The molecule has 0 atom stereocenters. The average Bonchev–Trinajstić information content (AvgIpc) is 3.10. The Morgan fingerprint density at radius 2 is 2.15 bits per heavy atom. The molecule has 0 unspecified atom stereocenters. The molecular formula is C13H21N3O3S. The van der Waals surface area contributed by atoms with Crippen molar-refractivity contribution in [3.8, 4) is 0 Å². The molecule has 0 saturated heterocycles. The van der Waals surface area contributed by atoms with Crippen molar-refractivity contribution in [2.75, 3.05) is 6.54 Å². The Balaban J connectivity index is 2.25. The van der Waals surface area contributed by atoms with Crippen molar-refractivity contribution in [2.45, 2.75) is 43.5 Å². The van der Waals surface area contributed by atoms with E-state index in [1.165, 1.54) is 16.8 Å². The average molecular weight is 299 g/mol. The van der Waals surface area contributed by atoms with Crippen molar-refractivity contribution in [1.29, 1.82) is 0 Å². The van der Waals surface area contributed by atoms with Gasteiger partial charge >= 0.3 is 0 Å². The second-order valence-electron chi connectivity index (χ2n) is 5.30. The van der Waals surface area contributed by atoms with Crippen LogP contribution in [0.5, 0.6) is 0 Å². The second-order valence-corrected chi connectivity index (χ2v) is 6.86. The molecule has 0 aliphatic heterocycles. The molecule has 1 aromatic rings. The van der Waals surface area contributed by atoms with Crippen molar-refractivity contribution < 1.29 is 13.2 Å². The molecule has 0 spiro atoms. The minimum Gasteiger partial charge on any atom is -0.345 e. The van der Waals surface area contributed by atoms with E-state index in [0.717, 1.165) is 32.2 Å². The number of aromatic nitrogens is 1. The predicted octanol–water partition coefficient (Wildman–Crippen LogP) is 1.08. The first kappa shape index (κ1) is 15.1. The lowest BCUT2D eigenvalue weighted by Crippen LogP contribution is -2.35. The maximum Gasteiger partial charge on any atom is 0.270 e. The van der Waals surface area contributed by atoms with Crippen molar-refractivity contribution >= 4 is 15.9 Å². The quantitative estimate of drug-likeness (QED) is 0.852. The number of nitrogens with zero attached hydrogens (tertiary/aromatic N) is 2. The number of hydrogen-bond acceptors (Lipinski definition) is 3. The molecule has 1 fully saturated rings. The molecule has 1 aromatic heterocycles. The van der Waals surface area contributed by atoms with Crippen LogP contribution in [0.25, 0.3) is 0 Å². The van der Waals surface area contributed by atoms with E-state index < -0.39 is 10.0 Å². The Hall–Kier alpha value is -1.34. The summed E-state index contributed by atoms with van der Waals surface area (Å²) < 4.78 is 24.2. The molecular weight excluding hydrogens is 278 g/mol. The number of primary sulfonamides is 1. The second kappa shape index (κ2) is 5.57. The largest absolute Gasteiger partial charge is 0.345 e. The van der Waals surface area contributed by atoms with Gasteiger partial charge in [0.25, 0.3) is 5.91 Å². The number of aryl methyl sites for hydroxylation is 1. The lowest BCUT2D eigenvalue weighted by Gasteiger charge is -2.22. The molecule has 1 amide bonds. The molecule has 2 N–H and O–H groups in total. The summed E-state index contributed by atoms with van der Waals surface area (Å²) in [7, 11) is -2.12. The number of sulfonamides is 1. The molecule has 0 aromatic carbocycles. The molecule has 0 radical (unpaired) electrons. The molecule has 20 heavy (non-hydrogen) atoms. The van der Waals surface area contributed by atoms with Gasteiger partial charge in [0.1, 0.15) is 10.6 Å². The number of carbonyl (C=O) groups excluding carboxylic acids is 1. The van der Waals surface area contributed by atoms with Crippen LogP contribution in [0.4, 0.5) is 0 Å². The SMILES string of the molecule is CCCCN(C(=O)c1cc(S(N)(=O)=O)cn1C)C1CC1. The smallest absolute Gasteiger partial charge is 0.270 e. The van der Waals surface area contributed by atoms with Gasteiger partial charge in [0, 0.05) is 25.8 Å². The fourth-order valence-corrected chi connectivity index (χ4v) is 2.80. The van der Waals surface area contributed by atoms with Gasteiger partial charge in [-0.3, -0.25) is 4.79 Å². The third-order valence-electron chi connectivity index (χ3n) is 3.53. The van der Waals surface area contributed by atoms with Gasteiger partial charge in [0.15, 0.2) is 0 Å². The first-order valence-electron chi connectivity index (χ1n) is 6.84. The molecule has 1 aliphatic carbocycles. The Labute approximate surface area is 119 Å². The number of amides is 1. The number of rotatable bonds is 6. The van der Waals surface area contributed by atoms with Crippen LogP contribution in [0.15, 0.2) is 17.2 Å².